The fourth-order valence-corrected chi connectivity index (χ4v) is 3.61. The first-order chi connectivity index (χ1) is 9.81. The largest absolute Gasteiger partial charge is 1.00 e. The number of nitrogens with zero attached hydrogens (tertiary/aromatic N) is 1. The molecule has 1 aliphatic heterocycles. The molecule has 4 heteroatoms. The maximum atomic E-state index is 5.90. The molecule has 1 heterocycles. The van der Waals surface area contributed by atoms with Crippen LogP contribution >= 0.6 is 23.4 Å². The SMILES string of the molecule is Clc1ccc(SCCN2CCc3ccccc3C2)cc1.[Cl-]. The van der Waals surface area contributed by atoms with Gasteiger partial charge in [-0.25, -0.2) is 0 Å². The van der Waals surface area contributed by atoms with E-state index >= 15 is 0 Å². The highest BCUT2D eigenvalue weighted by Crippen LogP contribution is 2.22. The average Bonchev–Trinajstić information content (AvgIpc) is 2.49. The number of halogens is 2. The van der Waals surface area contributed by atoms with Crippen molar-refractivity contribution >= 4 is 23.4 Å². The molecular weight excluding hydrogens is 321 g/mol. The predicted octanol–water partition coefficient (Wildman–Crippen LogP) is 1.49. The second-order valence-corrected chi connectivity index (χ2v) is 6.70. The first-order valence-corrected chi connectivity index (χ1v) is 8.35. The average molecular weight is 339 g/mol. The Kier molecular flexibility index (Phi) is 6.43. The minimum absolute atomic E-state index is 0. The van der Waals surface area contributed by atoms with Crippen molar-refractivity contribution in [2.75, 3.05) is 18.8 Å². The van der Waals surface area contributed by atoms with Gasteiger partial charge in [0.05, 0.1) is 0 Å². The minimum atomic E-state index is 0. The molecule has 0 amide bonds. The van der Waals surface area contributed by atoms with Crippen LogP contribution in [0.15, 0.2) is 53.4 Å². The van der Waals surface area contributed by atoms with E-state index in [-0.39, 0.29) is 12.4 Å². The molecule has 0 bridgehead atoms. The maximum Gasteiger partial charge on any atom is 0.0406 e. The van der Waals surface area contributed by atoms with E-state index in [4.69, 9.17) is 11.6 Å². The number of rotatable bonds is 4. The smallest absolute Gasteiger partial charge is 0.0406 e. The standard InChI is InChI=1S/C17H18ClNS.ClH/c18-16-5-7-17(8-6-16)20-12-11-19-10-9-14-3-1-2-4-15(14)13-19;/h1-8H,9-13H2;1H/p-1. The second kappa shape index (κ2) is 8.09. The van der Waals surface area contributed by atoms with Crippen molar-refractivity contribution in [3.05, 3.63) is 64.7 Å². The van der Waals surface area contributed by atoms with Gasteiger partial charge in [-0.3, -0.25) is 4.90 Å². The molecule has 1 aliphatic rings. The molecule has 0 saturated heterocycles. The molecule has 0 aromatic heterocycles. The highest BCUT2D eigenvalue weighted by Gasteiger charge is 2.14. The van der Waals surface area contributed by atoms with E-state index in [2.05, 4.69) is 41.3 Å². The van der Waals surface area contributed by atoms with Crippen molar-refractivity contribution < 1.29 is 12.4 Å². The Morgan fingerprint density at radius 2 is 1.71 bits per heavy atom. The summed E-state index contributed by atoms with van der Waals surface area (Å²) in [4.78, 5) is 3.84. The number of fused-ring (bicyclic) bond motifs is 1. The van der Waals surface area contributed by atoms with E-state index in [1.54, 1.807) is 0 Å². The quantitative estimate of drug-likeness (QED) is 0.777. The molecule has 0 radical (unpaired) electrons. The van der Waals surface area contributed by atoms with Gasteiger partial charge < -0.3 is 12.4 Å². The second-order valence-electron chi connectivity index (χ2n) is 5.10. The van der Waals surface area contributed by atoms with Crippen LogP contribution in [0.25, 0.3) is 0 Å². The van der Waals surface area contributed by atoms with Crippen LogP contribution in [0.4, 0.5) is 0 Å². The number of hydrogen-bond acceptors (Lipinski definition) is 2. The summed E-state index contributed by atoms with van der Waals surface area (Å²) < 4.78 is 0. The molecule has 1 nitrogen and oxygen atoms in total. The molecule has 0 spiro atoms. The lowest BCUT2D eigenvalue weighted by Crippen LogP contribution is -3.00. The topological polar surface area (TPSA) is 3.24 Å². The summed E-state index contributed by atoms with van der Waals surface area (Å²) in [6, 6.07) is 16.9. The highest BCUT2D eigenvalue weighted by atomic mass is 35.5. The van der Waals surface area contributed by atoms with Crippen LogP contribution in [-0.2, 0) is 13.0 Å². The van der Waals surface area contributed by atoms with E-state index in [0.29, 0.717) is 0 Å². The Morgan fingerprint density at radius 1 is 1.00 bits per heavy atom. The molecule has 3 rings (SSSR count). The van der Waals surface area contributed by atoms with E-state index in [1.807, 2.05) is 23.9 Å². The fraction of sp³-hybridized carbons (Fsp3) is 0.294. The summed E-state index contributed by atoms with van der Waals surface area (Å²) in [6.45, 7) is 3.41. The molecule has 0 unspecified atom stereocenters. The maximum absolute atomic E-state index is 5.90. The minimum Gasteiger partial charge on any atom is -1.00 e. The van der Waals surface area contributed by atoms with Gasteiger partial charge in [0.1, 0.15) is 0 Å². The summed E-state index contributed by atoms with van der Waals surface area (Å²) in [5, 5.41) is 0.807. The van der Waals surface area contributed by atoms with Gasteiger partial charge in [-0.15, -0.1) is 11.8 Å². The Morgan fingerprint density at radius 3 is 2.48 bits per heavy atom. The van der Waals surface area contributed by atoms with Crippen LogP contribution in [0, 0.1) is 0 Å². The van der Waals surface area contributed by atoms with Crippen molar-refractivity contribution in [1.82, 2.24) is 4.90 Å². The number of hydrogen-bond donors (Lipinski definition) is 0. The van der Waals surface area contributed by atoms with Crippen molar-refractivity contribution in [1.29, 1.82) is 0 Å². The monoisotopic (exact) mass is 338 g/mol. The lowest BCUT2D eigenvalue weighted by molar-refractivity contribution is -0.00000387. The van der Waals surface area contributed by atoms with Crippen LogP contribution in [0.3, 0.4) is 0 Å². The first-order valence-electron chi connectivity index (χ1n) is 6.99. The number of thioether (sulfide) groups is 1. The molecule has 2 aromatic carbocycles. The van der Waals surface area contributed by atoms with E-state index in [0.717, 1.165) is 23.9 Å². The Labute approximate surface area is 142 Å². The normalized spacial score (nSPS) is 14.3. The third kappa shape index (κ3) is 4.65. The molecule has 0 atom stereocenters. The molecule has 0 fully saturated rings. The molecular formula is C17H18Cl2NS-. The molecule has 21 heavy (non-hydrogen) atoms. The zero-order valence-electron chi connectivity index (χ0n) is 11.8. The highest BCUT2D eigenvalue weighted by molar-refractivity contribution is 7.99. The molecule has 0 N–H and O–H groups in total. The van der Waals surface area contributed by atoms with Crippen LogP contribution in [-0.4, -0.2) is 23.7 Å². The summed E-state index contributed by atoms with van der Waals surface area (Å²) >= 11 is 7.80. The van der Waals surface area contributed by atoms with Gasteiger partial charge >= 0.3 is 0 Å². The van der Waals surface area contributed by atoms with E-state index in [9.17, 15) is 0 Å². The summed E-state index contributed by atoms with van der Waals surface area (Å²) in [7, 11) is 0. The van der Waals surface area contributed by atoms with Gasteiger partial charge in [-0.1, -0.05) is 35.9 Å². The zero-order chi connectivity index (χ0) is 13.8. The molecule has 112 valence electrons. The number of benzene rings is 2. The van der Waals surface area contributed by atoms with Crippen molar-refractivity contribution in [3.63, 3.8) is 0 Å². The summed E-state index contributed by atoms with van der Waals surface area (Å²) in [5.74, 6) is 1.13. The van der Waals surface area contributed by atoms with Crippen LogP contribution in [0.1, 0.15) is 11.1 Å². The fourth-order valence-electron chi connectivity index (χ4n) is 2.57. The Bertz CT molecular complexity index is 571. The Hall–Kier alpha value is -0.670. The summed E-state index contributed by atoms with van der Waals surface area (Å²) in [5.41, 5.74) is 3.02. The van der Waals surface area contributed by atoms with Crippen molar-refractivity contribution in [2.24, 2.45) is 0 Å². The van der Waals surface area contributed by atoms with Gasteiger partial charge in [-0.2, -0.15) is 0 Å². The van der Waals surface area contributed by atoms with Crippen molar-refractivity contribution in [2.45, 2.75) is 17.9 Å². The van der Waals surface area contributed by atoms with Crippen molar-refractivity contribution in [3.8, 4) is 0 Å². The van der Waals surface area contributed by atoms with Gasteiger partial charge in [0.25, 0.3) is 0 Å². The van der Waals surface area contributed by atoms with Crippen LogP contribution in [0.2, 0.25) is 5.02 Å². The van der Waals surface area contributed by atoms with Crippen LogP contribution in [0.5, 0.6) is 0 Å². The molecule has 2 aromatic rings. The third-order valence-electron chi connectivity index (χ3n) is 3.70. The van der Waals surface area contributed by atoms with E-state index < -0.39 is 0 Å². The summed E-state index contributed by atoms with van der Waals surface area (Å²) in [6.07, 6.45) is 1.18. The van der Waals surface area contributed by atoms with Gasteiger partial charge in [-0.05, 0) is 41.8 Å². The third-order valence-corrected chi connectivity index (χ3v) is 4.94. The van der Waals surface area contributed by atoms with Gasteiger partial charge in [0.2, 0.25) is 0 Å². The predicted molar refractivity (Wildman–Crippen MR) is 87.6 cm³/mol. The van der Waals surface area contributed by atoms with Crippen LogP contribution < -0.4 is 12.4 Å². The Balaban J connectivity index is 0.00000161. The molecule has 0 saturated carbocycles. The lowest BCUT2D eigenvalue weighted by Gasteiger charge is -2.28. The lowest BCUT2D eigenvalue weighted by atomic mass is 10.0. The zero-order valence-corrected chi connectivity index (χ0v) is 14.1. The van der Waals surface area contributed by atoms with Gasteiger partial charge in [0, 0.05) is 35.3 Å². The molecule has 0 aliphatic carbocycles. The van der Waals surface area contributed by atoms with E-state index in [1.165, 1.54) is 29.0 Å². The first kappa shape index (κ1) is 16.7. The van der Waals surface area contributed by atoms with Gasteiger partial charge in [0.15, 0.2) is 0 Å².